The van der Waals surface area contributed by atoms with E-state index in [0.717, 1.165) is 22.5 Å². The molecule has 0 aliphatic heterocycles. The highest BCUT2D eigenvalue weighted by atomic mass is 35.5. The summed E-state index contributed by atoms with van der Waals surface area (Å²) < 4.78 is 1.45. The number of thiazole rings is 1. The first-order valence-corrected chi connectivity index (χ1v) is 11.5. The molecule has 2 aromatic heterocycles. The summed E-state index contributed by atoms with van der Waals surface area (Å²) in [4.78, 5) is 30.1. The Kier molecular flexibility index (Phi) is 6.30. The maximum absolute atomic E-state index is 13.0. The molecule has 0 unspecified atom stereocenters. The zero-order valence-corrected chi connectivity index (χ0v) is 19.6. The van der Waals surface area contributed by atoms with Gasteiger partial charge in [-0.1, -0.05) is 47.5 Å². The van der Waals surface area contributed by atoms with Crippen molar-refractivity contribution in [3.05, 3.63) is 85.6 Å². The summed E-state index contributed by atoms with van der Waals surface area (Å²) in [5, 5.41) is 9.03. The van der Waals surface area contributed by atoms with Crippen LogP contribution in [0.15, 0.2) is 52.6 Å². The molecule has 32 heavy (non-hydrogen) atoms. The lowest BCUT2D eigenvalue weighted by Crippen LogP contribution is -2.19. The van der Waals surface area contributed by atoms with E-state index >= 15 is 0 Å². The molecule has 8 heteroatoms. The highest BCUT2D eigenvalue weighted by Gasteiger charge is 2.17. The third-order valence-electron chi connectivity index (χ3n) is 5.30. The number of hydrogen-bond donors (Lipinski definition) is 2. The van der Waals surface area contributed by atoms with E-state index in [1.165, 1.54) is 21.6 Å². The van der Waals surface area contributed by atoms with Crippen molar-refractivity contribution < 1.29 is 4.79 Å². The molecule has 2 heterocycles. The van der Waals surface area contributed by atoms with Gasteiger partial charge < -0.3 is 5.32 Å². The number of hydrogen-bond acceptors (Lipinski definition) is 4. The number of aromatic nitrogens is 3. The monoisotopic (exact) mass is 466 g/mol. The Labute approximate surface area is 194 Å². The number of carbonyl (C=O) groups is 1. The van der Waals surface area contributed by atoms with Crippen LogP contribution in [0.4, 0.5) is 5.69 Å². The van der Waals surface area contributed by atoms with E-state index < -0.39 is 0 Å². The van der Waals surface area contributed by atoms with Gasteiger partial charge in [0, 0.05) is 39.3 Å². The van der Waals surface area contributed by atoms with Gasteiger partial charge in [-0.25, -0.2) is 4.98 Å². The van der Waals surface area contributed by atoms with Crippen molar-refractivity contribution >= 4 is 34.5 Å². The Morgan fingerprint density at radius 2 is 1.91 bits per heavy atom. The summed E-state index contributed by atoms with van der Waals surface area (Å²) in [6, 6.07) is 13.5. The molecule has 2 N–H and O–H groups in total. The summed E-state index contributed by atoms with van der Waals surface area (Å²) in [5.74, 6) is -0.169. The number of rotatable bonds is 6. The van der Waals surface area contributed by atoms with Crippen molar-refractivity contribution in [1.82, 2.24) is 14.8 Å². The van der Waals surface area contributed by atoms with Gasteiger partial charge >= 0.3 is 0 Å². The van der Waals surface area contributed by atoms with Crippen LogP contribution in [0, 0.1) is 20.8 Å². The Bertz CT molecular complexity index is 1340. The molecule has 4 rings (SSSR count). The number of carbonyl (C=O) groups excluding carboxylic acids is 1. The lowest BCUT2D eigenvalue weighted by atomic mass is 10.1. The predicted molar refractivity (Wildman–Crippen MR) is 130 cm³/mol. The number of H-pyrrole nitrogens is 1. The number of aryl methyl sites for hydroxylation is 3. The maximum Gasteiger partial charge on any atom is 0.276 e. The Morgan fingerprint density at radius 3 is 2.66 bits per heavy atom. The third-order valence-corrected chi connectivity index (χ3v) is 6.36. The van der Waals surface area contributed by atoms with Crippen LogP contribution < -0.4 is 10.9 Å². The molecule has 0 atom stereocenters. The molecule has 0 aliphatic carbocycles. The van der Waals surface area contributed by atoms with Gasteiger partial charge in [0.1, 0.15) is 0 Å². The van der Waals surface area contributed by atoms with Crippen molar-refractivity contribution in [3.8, 4) is 16.4 Å². The van der Waals surface area contributed by atoms with Crippen molar-refractivity contribution in [2.45, 2.75) is 33.6 Å². The van der Waals surface area contributed by atoms with Crippen LogP contribution in [0.2, 0.25) is 5.02 Å². The zero-order valence-electron chi connectivity index (χ0n) is 18.0. The average molecular weight is 467 g/mol. The van der Waals surface area contributed by atoms with E-state index in [4.69, 9.17) is 11.6 Å². The molecule has 0 saturated carbocycles. The summed E-state index contributed by atoms with van der Waals surface area (Å²) in [7, 11) is 0. The highest BCUT2D eigenvalue weighted by Crippen LogP contribution is 2.24. The lowest BCUT2D eigenvalue weighted by molar-refractivity contribution is -0.116. The molecule has 0 aliphatic rings. The zero-order chi connectivity index (χ0) is 22.8. The van der Waals surface area contributed by atoms with Crippen LogP contribution in [0.5, 0.6) is 0 Å². The standard InChI is InChI=1S/C24H23ClN4O2S/c1-14-4-7-17(8-5-14)21-13-32-24(27-21)29-23(31)19(16(3)28-29)10-11-22(30)26-20-12-18(25)9-6-15(20)2/h4-9,12-13,28H,10-11H2,1-3H3,(H,26,30). The van der Waals surface area contributed by atoms with Gasteiger partial charge in [-0.2, -0.15) is 4.68 Å². The fourth-order valence-electron chi connectivity index (χ4n) is 3.41. The molecular formula is C24H23ClN4O2S. The average Bonchev–Trinajstić information content (AvgIpc) is 3.35. The second-order valence-electron chi connectivity index (χ2n) is 7.74. The Hall–Kier alpha value is -3.16. The molecule has 6 nitrogen and oxygen atoms in total. The first-order valence-electron chi connectivity index (χ1n) is 10.2. The Morgan fingerprint density at radius 1 is 1.16 bits per heavy atom. The summed E-state index contributed by atoms with van der Waals surface area (Å²) in [6.45, 7) is 5.77. The number of amides is 1. The predicted octanol–water partition coefficient (Wildman–Crippen LogP) is 5.44. The first-order chi connectivity index (χ1) is 15.3. The minimum atomic E-state index is -0.181. The second-order valence-corrected chi connectivity index (χ2v) is 9.02. The van der Waals surface area contributed by atoms with Crippen molar-refractivity contribution in [2.24, 2.45) is 0 Å². The Balaban J connectivity index is 1.49. The lowest BCUT2D eigenvalue weighted by Gasteiger charge is -2.08. The highest BCUT2D eigenvalue weighted by molar-refractivity contribution is 7.12. The second kappa shape index (κ2) is 9.14. The fraction of sp³-hybridized carbons (Fsp3) is 0.208. The van der Waals surface area contributed by atoms with Crippen LogP contribution >= 0.6 is 22.9 Å². The molecular weight excluding hydrogens is 444 g/mol. The van der Waals surface area contributed by atoms with E-state index in [1.54, 1.807) is 12.1 Å². The number of nitrogens with zero attached hydrogens (tertiary/aromatic N) is 2. The van der Waals surface area contributed by atoms with Crippen molar-refractivity contribution in [2.75, 3.05) is 5.32 Å². The van der Waals surface area contributed by atoms with Crippen LogP contribution in [-0.2, 0) is 11.2 Å². The van der Waals surface area contributed by atoms with Crippen LogP contribution in [0.3, 0.4) is 0 Å². The van der Waals surface area contributed by atoms with Gasteiger partial charge in [0.25, 0.3) is 5.56 Å². The van der Waals surface area contributed by atoms with Gasteiger partial charge in [0.05, 0.1) is 5.69 Å². The fourth-order valence-corrected chi connectivity index (χ4v) is 4.38. The molecule has 0 radical (unpaired) electrons. The van der Waals surface area contributed by atoms with E-state index in [-0.39, 0.29) is 17.9 Å². The normalized spacial score (nSPS) is 11.0. The smallest absolute Gasteiger partial charge is 0.276 e. The number of nitrogens with one attached hydrogen (secondary N) is 2. The van der Waals surface area contributed by atoms with Crippen LogP contribution in [0.25, 0.3) is 16.4 Å². The number of aromatic amines is 1. The summed E-state index contributed by atoms with van der Waals surface area (Å²) in [6.07, 6.45) is 0.516. The molecule has 0 spiro atoms. The topological polar surface area (TPSA) is 79.8 Å². The van der Waals surface area contributed by atoms with E-state index in [0.29, 0.717) is 27.8 Å². The molecule has 0 saturated heterocycles. The summed E-state index contributed by atoms with van der Waals surface area (Å²) >= 11 is 7.41. The number of halogens is 1. The molecule has 0 bridgehead atoms. The molecule has 4 aromatic rings. The van der Waals surface area contributed by atoms with E-state index in [1.807, 2.05) is 56.5 Å². The molecule has 1 amide bonds. The van der Waals surface area contributed by atoms with Gasteiger partial charge in [-0.05, 0) is 44.9 Å². The quantitative estimate of drug-likeness (QED) is 0.397. The number of benzene rings is 2. The van der Waals surface area contributed by atoms with Crippen molar-refractivity contribution in [3.63, 3.8) is 0 Å². The van der Waals surface area contributed by atoms with Crippen LogP contribution in [0.1, 0.15) is 28.8 Å². The van der Waals surface area contributed by atoms with Gasteiger partial charge in [0.15, 0.2) is 0 Å². The molecule has 164 valence electrons. The van der Waals surface area contributed by atoms with Gasteiger partial charge in [-0.15, -0.1) is 11.3 Å². The molecule has 0 fully saturated rings. The SMILES string of the molecule is Cc1ccc(-c2csc(-n3[nH]c(C)c(CCC(=O)Nc4cc(Cl)ccc4C)c3=O)n2)cc1. The summed E-state index contributed by atoms with van der Waals surface area (Å²) in [5.41, 5.74) is 5.74. The van der Waals surface area contributed by atoms with Crippen LogP contribution in [-0.4, -0.2) is 20.7 Å². The third kappa shape index (κ3) is 4.69. The molecule has 2 aromatic carbocycles. The minimum absolute atomic E-state index is 0.169. The minimum Gasteiger partial charge on any atom is -0.326 e. The van der Waals surface area contributed by atoms with E-state index in [9.17, 15) is 9.59 Å². The van der Waals surface area contributed by atoms with E-state index in [2.05, 4.69) is 15.4 Å². The first kappa shape index (κ1) is 22.0. The maximum atomic E-state index is 13.0. The number of anilines is 1. The largest absolute Gasteiger partial charge is 0.326 e. The van der Waals surface area contributed by atoms with Gasteiger partial charge in [0.2, 0.25) is 11.0 Å². The van der Waals surface area contributed by atoms with Gasteiger partial charge in [-0.3, -0.25) is 14.7 Å². The van der Waals surface area contributed by atoms with Crippen molar-refractivity contribution in [1.29, 1.82) is 0 Å².